The lowest BCUT2D eigenvalue weighted by molar-refractivity contribution is -0.165. The van der Waals surface area contributed by atoms with Gasteiger partial charge in [0.15, 0.2) is 0 Å². The summed E-state index contributed by atoms with van der Waals surface area (Å²) in [6, 6.07) is 9.42. The molecular weight excluding hydrogens is 331 g/mol. The summed E-state index contributed by atoms with van der Waals surface area (Å²) in [6.45, 7) is 3.73. The molecule has 7 heteroatoms. The number of benzene rings is 1. The molecule has 0 unspecified atom stereocenters. The van der Waals surface area contributed by atoms with Crippen LogP contribution in [0.5, 0.6) is 0 Å². The Morgan fingerprint density at radius 2 is 1.92 bits per heavy atom. The molecule has 0 spiro atoms. The molecule has 1 fully saturated rings. The van der Waals surface area contributed by atoms with E-state index in [1.54, 1.807) is 13.8 Å². The molecule has 2 N–H and O–H groups in total. The standard InChI is InChI=1S/C18H26F3N3O/c1-13(2)24(12-18(19,20)21)17(25)11-23-9-15(8-22)16(10-23)14-6-4-3-5-7-14/h3-7,13,15-16H,8-12,22H2,1-2H3/t15-,16+/m1/s1. The van der Waals surface area contributed by atoms with Gasteiger partial charge in [-0.05, 0) is 31.9 Å². The topological polar surface area (TPSA) is 49.6 Å². The summed E-state index contributed by atoms with van der Waals surface area (Å²) in [5.74, 6) is -0.0868. The lowest BCUT2D eigenvalue weighted by Gasteiger charge is -2.29. The average Bonchev–Trinajstić information content (AvgIpc) is 2.95. The van der Waals surface area contributed by atoms with Crippen LogP contribution >= 0.6 is 0 Å². The van der Waals surface area contributed by atoms with Crippen LogP contribution in [0.25, 0.3) is 0 Å². The fourth-order valence-corrected chi connectivity index (χ4v) is 3.44. The van der Waals surface area contributed by atoms with Crippen molar-refractivity contribution in [2.24, 2.45) is 11.7 Å². The van der Waals surface area contributed by atoms with Crippen LogP contribution in [0.2, 0.25) is 0 Å². The molecule has 1 aliphatic rings. The highest BCUT2D eigenvalue weighted by atomic mass is 19.4. The van der Waals surface area contributed by atoms with Crippen molar-refractivity contribution >= 4 is 5.91 Å². The molecule has 25 heavy (non-hydrogen) atoms. The third kappa shape index (κ3) is 5.44. The lowest BCUT2D eigenvalue weighted by Crippen LogP contribution is -2.47. The van der Waals surface area contributed by atoms with Gasteiger partial charge in [-0.15, -0.1) is 0 Å². The molecule has 2 atom stereocenters. The molecule has 0 saturated carbocycles. The first-order valence-electron chi connectivity index (χ1n) is 8.55. The molecule has 1 aromatic carbocycles. The first-order chi connectivity index (χ1) is 11.7. The van der Waals surface area contributed by atoms with Crippen LogP contribution < -0.4 is 5.73 Å². The Hall–Kier alpha value is -1.60. The van der Waals surface area contributed by atoms with Gasteiger partial charge in [0.1, 0.15) is 6.54 Å². The summed E-state index contributed by atoms with van der Waals surface area (Å²) in [5, 5.41) is 0. The maximum atomic E-state index is 12.7. The molecule has 2 rings (SSSR count). The molecule has 0 radical (unpaired) electrons. The van der Waals surface area contributed by atoms with E-state index in [-0.39, 0.29) is 18.4 Å². The Morgan fingerprint density at radius 3 is 2.44 bits per heavy atom. The van der Waals surface area contributed by atoms with Crippen LogP contribution in [-0.2, 0) is 4.79 Å². The number of hydrogen-bond donors (Lipinski definition) is 1. The van der Waals surface area contributed by atoms with Crippen LogP contribution in [-0.4, -0.2) is 60.6 Å². The van der Waals surface area contributed by atoms with Crippen molar-refractivity contribution in [1.82, 2.24) is 9.80 Å². The molecule has 0 bridgehead atoms. The van der Waals surface area contributed by atoms with Gasteiger partial charge in [-0.2, -0.15) is 13.2 Å². The van der Waals surface area contributed by atoms with E-state index in [0.717, 1.165) is 10.5 Å². The van der Waals surface area contributed by atoms with Gasteiger partial charge in [-0.1, -0.05) is 30.3 Å². The van der Waals surface area contributed by atoms with Gasteiger partial charge in [0, 0.05) is 25.0 Å². The summed E-state index contributed by atoms with van der Waals surface area (Å²) < 4.78 is 38.1. The molecule has 1 heterocycles. The zero-order chi connectivity index (χ0) is 18.6. The number of carbonyl (C=O) groups is 1. The fourth-order valence-electron chi connectivity index (χ4n) is 3.44. The zero-order valence-electron chi connectivity index (χ0n) is 14.7. The second kappa shape index (κ2) is 8.19. The quantitative estimate of drug-likeness (QED) is 0.851. The van der Waals surface area contributed by atoms with E-state index < -0.39 is 24.7 Å². The van der Waals surface area contributed by atoms with Gasteiger partial charge >= 0.3 is 6.18 Å². The number of halogens is 3. The molecule has 1 amide bonds. The van der Waals surface area contributed by atoms with Gasteiger partial charge in [-0.25, -0.2) is 0 Å². The SMILES string of the molecule is CC(C)N(CC(F)(F)F)C(=O)CN1C[C@@H](CN)[C@H](c2ccccc2)C1. The maximum Gasteiger partial charge on any atom is 0.406 e. The van der Waals surface area contributed by atoms with Crippen molar-refractivity contribution in [3.05, 3.63) is 35.9 Å². The highest BCUT2D eigenvalue weighted by Gasteiger charge is 2.37. The molecule has 1 saturated heterocycles. The number of nitrogens with two attached hydrogens (primary N) is 1. The van der Waals surface area contributed by atoms with E-state index in [2.05, 4.69) is 0 Å². The van der Waals surface area contributed by atoms with Crippen LogP contribution in [0, 0.1) is 5.92 Å². The third-order valence-electron chi connectivity index (χ3n) is 4.70. The van der Waals surface area contributed by atoms with Crippen LogP contribution in [0.3, 0.4) is 0 Å². The summed E-state index contributed by atoms with van der Waals surface area (Å²) in [7, 11) is 0. The first kappa shape index (κ1) is 19.7. The van der Waals surface area contributed by atoms with E-state index in [1.165, 1.54) is 0 Å². The largest absolute Gasteiger partial charge is 0.406 e. The van der Waals surface area contributed by atoms with Crippen LogP contribution in [0.15, 0.2) is 30.3 Å². The van der Waals surface area contributed by atoms with Gasteiger partial charge in [0.25, 0.3) is 0 Å². The van der Waals surface area contributed by atoms with E-state index >= 15 is 0 Å². The highest BCUT2D eigenvalue weighted by Crippen LogP contribution is 2.32. The summed E-state index contributed by atoms with van der Waals surface area (Å²) in [4.78, 5) is 15.2. The predicted octanol–water partition coefficient (Wildman–Crippen LogP) is 2.46. The molecule has 1 aliphatic heterocycles. The second-order valence-corrected chi connectivity index (χ2v) is 6.94. The van der Waals surface area contributed by atoms with E-state index in [4.69, 9.17) is 5.73 Å². The molecule has 140 valence electrons. The third-order valence-corrected chi connectivity index (χ3v) is 4.70. The van der Waals surface area contributed by atoms with Crippen LogP contribution in [0.4, 0.5) is 13.2 Å². The Morgan fingerprint density at radius 1 is 1.28 bits per heavy atom. The Labute approximate surface area is 146 Å². The first-order valence-corrected chi connectivity index (χ1v) is 8.55. The normalized spacial score (nSPS) is 21.7. The summed E-state index contributed by atoms with van der Waals surface area (Å²) in [6.07, 6.45) is -4.39. The minimum absolute atomic E-state index is 0.00586. The average molecular weight is 357 g/mol. The minimum atomic E-state index is -4.39. The predicted molar refractivity (Wildman–Crippen MR) is 91.1 cm³/mol. The van der Waals surface area contributed by atoms with E-state index in [1.807, 2.05) is 35.2 Å². The number of nitrogens with zero attached hydrogens (tertiary/aromatic N) is 2. The van der Waals surface area contributed by atoms with Crippen molar-refractivity contribution in [3.63, 3.8) is 0 Å². The highest BCUT2D eigenvalue weighted by molar-refractivity contribution is 5.78. The Bertz CT molecular complexity index is 562. The van der Waals surface area contributed by atoms with Crippen LogP contribution in [0.1, 0.15) is 25.3 Å². The van der Waals surface area contributed by atoms with Crippen molar-refractivity contribution in [2.45, 2.75) is 32.0 Å². The second-order valence-electron chi connectivity index (χ2n) is 6.94. The monoisotopic (exact) mass is 357 g/mol. The molecule has 1 aromatic rings. The van der Waals surface area contributed by atoms with Gasteiger partial charge in [0.05, 0.1) is 6.54 Å². The number of likely N-dealkylation sites (tertiary alicyclic amines) is 1. The van der Waals surface area contributed by atoms with Crippen molar-refractivity contribution in [1.29, 1.82) is 0 Å². The number of alkyl halides is 3. The fraction of sp³-hybridized carbons (Fsp3) is 0.611. The Kier molecular flexibility index (Phi) is 6.46. The molecular formula is C18H26F3N3O. The lowest BCUT2D eigenvalue weighted by atomic mass is 9.89. The Balaban J connectivity index is 2.03. The van der Waals surface area contributed by atoms with E-state index in [9.17, 15) is 18.0 Å². The summed E-state index contributed by atoms with van der Waals surface area (Å²) in [5.41, 5.74) is 7.03. The van der Waals surface area contributed by atoms with E-state index in [0.29, 0.717) is 19.6 Å². The maximum absolute atomic E-state index is 12.7. The molecule has 4 nitrogen and oxygen atoms in total. The molecule has 0 aromatic heterocycles. The number of rotatable bonds is 6. The number of amides is 1. The van der Waals surface area contributed by atoms with Gasteiger partial charge < -0.3 is 10.6 Å². The number of hydrogen-bond acceptors (Lipinski definition) is 3. The van der Waals surface area contributed by atoms with Crippen molar-refractivity contribution in [3.8, 4) is 0 Å². The smallest absolute Gasteiger partial charge is 0.330 e. The molecule has 0 aliphatic carbocycles. The minimum Gasteiger partial charge on any atom is -0.330 e. The number of carbonyl (C=O) groups excluding carboxylic acids is 1. The summed E-state index contributed by atoms with van der Waals surface area (Å²) >= 11 is 0. The van der Waals surface area contributed by atoms with Crippen molar-refractivity contribution in [2.75, 3.05) is 32.7 Å². The van der Waals surface area contributed by atoms with Crippen molar-refractivity contribution < 1.29 is 18.0 Å². The van der Waals surface area contributed by atoms with Gasteiger partial charge in [-0.3, -0.25) is 9.69 Å². The van der Waals surface area contributed by atoms with Gasteiger partial charge in [0.2, 0.25) is 5.91 Å². The zero-order valence-corrected chi connectivity index (χ0v) is 14.7.